The molecule has 0 saturated carbocycles. The van der Waals surface area contributed by atoms with Crippen LogP contribution >= 0.6 is 0 Å². The zero-order chi connectivity index (χ0) is 22.0. The van der Waals surface area contributed by atoms with Crippen molar-refractivity contribution in [3.63, 3.8) is 0 Å². The van der Waals surface area contributed by atoms with Crippen molar-refractivity contribution >= 4 is 5.97 Å². The van der Waals surface area contributed by atoms with E-state index in [1.165, 1.54) is 96.3 Å². The highest BCUT2D eigenvalue weighted by Gasteiger charge is 2.02. The maximum atomic E-state index is 11.6. The number of hydrogen-bond donors (Lipinski definition) is 0. The van der Waals surface area contributed by atoms with Crippen LogP contribution in [0.15, 0.2) is 12.2 Å². The van der Waals surface area contributed by atoms with E-state index in [-0.39, 0.29) is 5.97 Å². The summed E-state index contributed by atoms with van der Waals surface area (Å²) in [5.41, 5.74) is 0. The lowest BCUT2D eigenvalue weighted by molar-refractivity contribution is -0.144. The van der Waals surface area contributed by atoms with Crippen LogP contribution in [0.1, 0.15) is 136 Å². The summed E-state index contributed by atoms with van der Waals surface area (Å²) in [6.45, 7) is 6.15. The SMILES string of the molecule is CCCCCCCCC=CCCCCCCCCCCCC(=O)OCCCOCC. The van der Waals surface area contributed by atoms with Crippen LogP contribution in [0.2, 0.25) is 0 Å². The van der Waals surface area contributed by atoms with Gasteiger partial charge in [0.15, 0.2) is 0 Å². The van der Waals surface area contributed by atoms with Gasteiger partial charge < -0.3 is 9.47 Å². The Hall–Kier alpha value is -0.830. The van der Waals surface area contributed by atoms with Gasteiger partial charge in [-0.25, -0.2) is 0 Å². The molecule has 0 fully saturated rings. The Morgan fingerprint density at radius 1 is 0.600 bits per heavy atom. The second-order valence-corrected chi connectivity index (χ2v) is 8.52. The van der Waals surface area contributed by atoms with E-state index in [4.69, 9.17) is 9.47 Å². The molecule has 0 heterocycles. The molecule has 0 saturated heterocycles. The number of ether oxygens (including phenoxy) is 2. The second kappa shape index (κ2) is 26.2. The molecule has 0 N–H and O–H groups in total. The number of esters is 1. The van der Waals surface area contributed by atoms with Crippen molar-refractivity contribution in [2.45, 2.75) is 136 Å². The standard InChI is InChI=1S/C27H52O3/c1-3-5-6-7-8-9-10-11-12-13-14-15-16-17-18-19-20-21-22-24-27(28)30-26-23-25-29-4-2/h11-12H,3-10,13-26H2,1-2H3. The minimum atomic E-state index is -0.0486. The van der Waals surface area contributed by atoms with Crippen molar-refractivity contribution in [1.29, 1.82) is 0 Å². The Bertz CT molecular complexity index is 365. The van der Waals surface area contributed by atoms with Gasteiger partial charge in [0.25, 0.3) is 0 Å². The lowest BCUT2D eigenvalue weighted by Gasteiger charge is -2.05. The van der Waals surface area contributed by atoms with Gasteiger partial charge in [0.2, 0.25) is 0 Å². The molecule has 0 unspecified atom stereocenters. The summed E-state index contributed by atoms with van der Waals surface area (Å²) in [4.78, 5) is 11.6. The molecule has 0 aliphatic rings. The zero-order valence-corrected chi connectivity index (χ0v) is 20.4. The van der Waals surface area contributed by atoms with E-state index in [1.807, 2.05) is 6.92 Å². The highest BCUT2D eigenvalue weighted by Crippen LogP contribution is 2.12. The van der Waals surface area contributed by atoms with Gasteiger partial charge in [-0.3, -0.25) is 4.79 Å². The highest BCUT2D eigenvalue weighted by atomic mass is 16.5. The number of carbonyl (C=O) groups excluding carboxylic acids is 1. The topological polar surface area (TPSA) is 35.5 Å². The van der Waals surface area contributed by atoms with E-state index in [1.54, 1.807) is 0 Å². The zero-order valence-electron chi connectivity index (χ0n) is 20.4. The summed E-state index contributed by atoms with van der Waals surface area (Å²) in [5.74, 6) is -0.0486. The predicted molar refractivity (Wildman–Crippen MR) is 130 cm³/mol. The monoisotopic (exact) mass is 424 g/mol. The van der Waals surface area contributed by atoms with Crippen LogP contribution in [0.25, 0.3) is 0 Å². The van der Waals surface area contributed by atoms with Crippen molar-refractivity contribution in [3.8, 4) is 0 Å². The molecule has 0 radical (unpaired) electrons. The molecular weight excluding hydrogens is 372 g/mol. The molecule has 0 aromatic heterocycles. The van der Waals surface area contributed by atoms with Crippen LogP contribution in [-0.4, -0.2) is 25.8 Å². The van der Waals surface area contributed by atoms with Crippen molar-refractivity contribution < 1.29 is 14.3 Å². The molecule has 0 spiro atoms. The van der Waals surface area contributed by atoms with Crippen LogP contribution in [0.3, 0.4) is 0 Å². The first-order valence-corrected chi connectivity index (χ1v) is 13.2. The van der Waals surface area contributed by atoms with E-state index in [0.717, 1.165) is 25.9 Å². The average Bonchev–Trinajstić information content (AvgIpc) is 2.75. The molecule has 3 nitrogen and oxygen atoms in total. The Morgan fingerprint density at radius 2 is 1.10 bits per heavy atom. The average molecular weight is 425 g/mol. The summed E-state index contributed by atoms with van der Waals surface area (Å²) in [6, 6.07) is 0. The molecule has 0 bridgehead atoms. The van der Waals surface area contributed by atoms with Crippen molar-refractivity contribution in [2.75, 3.05) is 19.8 Å². The molecule has 0 aromatic rings. The maximum Gasteiger partial charge on any atom is 0.305 e. The van der Waals surface area contributed by atoms with Crippen molar-refractivity contribution in [2.24, 2.45) is 0 Å². The molecule has 0 aliphatic heterocycles. The Balaban J connectivity index is 3.15. The summed E-state index contributed by atoms with van der Waals surface area (Å²) >= 11 is 0. The van der Waals surface area contributed by atoms with E-state index >= 15 is 0 Å². The highest BCUT2D eigenvalue weighted by molar-refractivity contribution is 5.69. The van der Waals surface area contributed by atoms with Gasteiger partial charge in [0.05, 0.1) is 6.61 Å². The molecule has 30 heavy (non-hydrogen) atoms. The predicted octanol–water partition coefficient (Wildman–Crippen LogP) is 8.55. The Morgan fingerprint density at radius 3 is 1.63 bits per heavy atom. The van der Waals surface area contributed by atoms with Gasteiger partial charge in [-0.05, 0) is 39.0 Å². The van der Waals surface area contributed by atoms with Gasteiger partial charge >= 0.3 is 5.97 Å². The fraction of sp³-hybridized carbons (Fsp3) is 0.889. The lowest BCUT2D eigenvalue weighted by Crippen LogP contribution is -2.07. The van der Waals surface area contributed by atoms with Gasteiger partial charge in [-0.1, -0.05) is 96.1 Å². The first-order chi connectivity index (χ1) is 14.8. The first kappa shape index (κ1) is 29.2. The molecule has 0 aromatic carbocycles. The number of carbonyl (C=O) groups is 1. The molecule has 0 atom stereocenters. The van der Waals surface area contributed by atoms with Crippen molar-refractivity contribution in [3.05, 3.63) is 12.2 Å². The van der Waals surface area contributed by atoms with Crippen LogP contribution in [-0.2, 0) is 14.3 Å². The summed E-state index contributed by atoms with van der Waals surface area (Å²) in [7, 11) is 0. The van der Waals surface area contributed by atoms with Gasteiger partial charge in [-0.2, -0.15) is 0 Å². The molecule has 3 heteroatoms. The summed E-state index contributed by atoms with van der Waals surface area (Å²) in [5, 5.41) is 0. The fourth-order valence-corrected chi connectivity index (χ4v) is 3.61. The number of unbranched alkanes of at least 4 members (excludes halogenated alkanes) is 15. The Kier molecular flexibility index (Phi) is 25.5. The third-order valence-corrected chi connectivity index (χ3v) is 5.54. The van der Waals surface area contributed by atoms with Gasteiger partial charge in [-0.15, -0.1) is 0 Å². The second-order valence-electron chi connectivity index (χ2n) is 8.52. The molecule has 0 rings (SSSR count). The van der Waals surface area contributed by atoms with Crippen LogP contribution in [0.4, 0.5) is 0 Å². The molecule has 0 aliphatic carbocycles. The van der Waals surface area contributed by atoms with E-state index < -0.39 is 0 Å². The van der Waals surface area contributed by atoms with Crippen LogP contribution in [0.5, 0.6) is 0 Å². The fourth-order valence-electron chi connectivity index (χ4n) is 3.61. The first-order valence-electron chi connectivity index (χ1n) is 13.2. The third-order valence-electron chi connectivity index (χ3n) is 5.54. The van der Waals surface area contributed by atoms with Gasteiger partial charge in [0.1, 0.15) is 0 Å². The third kappa shape index (κ3) is 25.2. The van der Waals surface area contributed by atoms with E-state index in [2.05, 4.69) is 19.1 Å². The number of allylic oxidation sites excluding steroid dienone is 2. The minimum absolute atomic E-state index is 0.0486. The van der Waals surface area contributed by atoms with Crippen molar-refractivity contribution in [1.82, 2.24) is 0 Å². The smallest absolute Gasteiger partial charge is 0.305 e. The summed E-state index contributed by atoms with van der Waals surface area (Å²) < 4.78 is 10.4. The van der Waals surface area contributed by atoms with E-state index in [9.17, 15) is 4.79 Å². The quantitative estimate of drug-likeness (QED) is 0.0884. The molecular formula is C27H52O3. The Labute approximate surface area is 188 Å². The number of hydrogen-bond acceptors (Lipinski definition) is 3. The molecule has 178 valence electrons. The molecule has 0 amide bonds. The maximum absolute atomic E-state index is 11.6. The van der Waals surface area contributed by atoms with Gasteiger partial charge in [0, 0.05) is 26.1 Å². The largest absolute Gasteiger partial charge is 0.466 e. The van der Waals surface area contributed by atoms with Crippen LogP contribution in [0, 0.1) is 0 Å². The van der Waals surface area contributed by atoms with E-state index in [0.29, 0.717) is 19.6 Å². The lowest BCUT2D eigenvalue weighted by atomic mass is 10.1. The number of rotatable bonds is 24. The minimum Gasteiger partial charge on any atom is -0.466 e. The summed E-state index contributed by atoms with van der Waals surface area (Å²) in [6.07, 6.45) is 28.5. The van der Waals surface area contributed by atoms with Crippen LogP contribution < -0.4 is 0 Å². The normalized spacial score (nSPS) is 11.4.